The Hall–Kier alpha value is -1.06. The van der Waals surface area contributed by atoms with Crippen molar-refractivity contribution in [1.29, 1.82) is 0 Å². The van der Waals surface area contributed by atoms with Crippen molar-refractivity contribution in [2.75, 3.05) is 12.3 Å². The van der Waals surface area contributed by atoms with Gasteiger partial charge < -0.3 is 15.6 Å². The topological polar surface area (TPSA) is 55.5 Å². The zero-order chi connectivity index (χ0) is 11.8. The number of hydrogen-bond donors (Lipinski definition) is 2. The van der Waals surface area contributed by atoms with Crippen LogP contribution in [-0.4, -0.2) is 17.8 Å². The van der Waals surface area contributed by atoms with Gasteiger partial charge in [0.1, 0.15) is 5.60 Å². The van der Waals surface area contributed by atoms with Crippen LogP contribution in [0.2, 0.25) is 0 Å². The fourth-order valence-electron chi connectivity index (χ4n) is 2.21. The highest BCUT2D eigenvalue weighted by Gasteiger charge is 2.37. The Kier molecular flexibility index (Phi) is 2.91. The second kappa shape index (κ2) is 4.07. The standard InChI is InChI=1S/C13H19NO2/c1-9(2)16-8-13(15)6-5-10-7-11(14)3-4-12(10)13/h3-4,7,9,15H,5-6,8,14H2,1-2H3. The third kappa shape index (κ3) is 2.06. The van der Waals surface area contributed by atoms with Gasteiger partial charge in [-0.3, -0.25) is 0 Å². The zero-order valence-corrected chi connectivity index (χ0v) is 9.86. The number of anilines is 1. The van der Waals surface area contributed by atoms with Crippen LogP contribution >= 0.6 is 0 Å². The van der Waals surface area contributed by atoms with Crippen LogP contribution in [0.5, 0.6) is 0 Å². The summed E-state index contributed by atoms with van der Waals surface area (Å²) in [6, 6.07) is 5.70. The van der Waals surface area contributed by atoms with E-state index >= 15 is 0 Å². The average molecular weight is 221 g/mol. The molecule has 1 aliphatic rings. The van der Waals surface area contributed by atoms with Crippen LogP contribution in [0, 0.1) is 0 Å². The lowest BCUT2D eigenvalue weighted by Gasteiger charge is -2.25. The molecule has 0 saturated heterocycles. The average Bonchev–Trinajstić information content (AvgIpc) is 2.54. The first-order valence-corrected chi connectivity index (χ1v) is 5.74. The molecule has 0 fully saturated rings. The van der Waals surface area contributed by atoms with Crippen molar-refractivity contribution >= 4 is 5.69 Å². The molecule has 1 unspecified atom stereocenters. The van der Waals surface area contributed by atoms with Crippen LogP contribution in [0.3, 0.4) is 0 Å². The number of hydrogen-bond acceptors (Lipinski definition) is 3. The first-order chi connectivity index (χ1) is 7.51. The number of fused-ring (bicyclic) bond motifs is 1. The monoisotopic (exact) mass is 221 g/mol. The molecule has 3 heteroatoms. The lowest BCUT2D eigenvalue weighted by Crippen LogP contribution is -2.30. The molecule has 0 bridgehead atoms. The summed E-state index contributed by atoms with van der Waals surface area (Å²) in [5, 5.41) is 10.5. The number of benzene rings is 1. The number of nitrogen functional groups attached to an aromatic ring is 1. The SMILES string of the molecule is CC(C)OCC1(O)CCc2cc(N)ccc21. The third-order valence-electron chi connectivity index (χ3n) is 3.09. The first kappa shape index (κ1) is 11.4. The number of rotatable bonds is 3. The van der Waals surface area contributed by atoms with Crippen molar-refractivity contribution in [3.63, 3.8) is 0 Å². The van der Waals surface area contributed by atoms with E-state index in [0.29, 0.717) is 6.61 Å². The lowest BCUT2D eigenvalue weighted by atomic mass is 9.97. The summed E-state index contributed by atoms with van der Waals surface area (Å²) in [5.41, 5.74) is 7.78. The summed E-state index contributed by atoms with van der Waals surface area (Å²) < 4.78 is 5.53. The summed E-state index contributed by atoms with van der Waals surface area (Å²) in [7, 11) is 0. The highest BCUT2D eigenvalue weighted by Crippen LogP contribution is 2.38. The Morgan fingerprint density at radius 2 is 2.25 bits per heavy atom. The molecule has 0 heterocycles. The number of nitrogens with two attached hydrogens (primary N) is 1. The Morgan fingerprint density at radius 1 is 1.50 bits per heavy atom. The molecule has 1 aliphatic carbocycles. The minimum absolute atomic E-state index is 0.141. The zero-order valence-electron chi connectivity index (χ0n) is 9.86. The molecular weight excluding hydrogens is 202 g/mol. The van der Waals surface area contributed by atoms with Crippen molar-refractivity contribution in [3.05, 3.63) is 29.3 Å². The molecule has 1 atom stereocenters. The third-order valence-corrected chi connectivity index (χ3v) is 3.09. The van der Waals surface area contributed by atoms with Gasteiger partial charge in [-0.15, -0.1) is 0 Å². The van der Waals surface area contributed by atoms with Crippen LogP contribution < -0.4 is 5.73 Å². The molecule has 0 saturated carbocycles. The summed E-state index contributed by atoms with van der Waals surface area (Å²) >= 11 is 0. The molecule has 0 aromatic heterocycles. The highest BCUT2D eigenvalue weighted by molar-refractivity contribution is 5.49. The van der Waals surface area contributed by atoms with Gasteiger partial charge in [0.05, 0.1) is 12.7 Å². The summed E-state index contributed by atoms with van der Waals surface area (Å²) in [6.45, 7) is 4.31. The fourth-order valence-corrected chi connectivity index (χ4v) is 2.21. The van der Waals surface area contributed by atoms with Crippen molar-refractivity contribution in [2.24, 2.45) is 0 Å². The predicted octanol–water partition coefficient (Wildman–Crippen LogP) is 1.83. The molecule has 0 spiro atoms. The van der Waals surface area contributed by atoms with Crippen molar-refractivity contribution in [2.45, 2.75) is 38.4 Å². The van der Waals surface area contributed by atoms with Gasteiger partial charge in [-0.1, -0.05) is 6.07 Å². The maximum atomic E-state index is 10.5. The molecule has 88 valence electrons. The number of ether oxygens (including phenoxy) is 1. The van der Waals surface area contributed by atoms with Crippen LogP contribution in [0.15, 0.2) is 18.2 Å². The minimum atomic E-state index is -0.826. The van der Waals surface area contributed by atoms with Crippen LogP contribution in [0.1, 0.15) is 31.4 Å². The Labute approximate surface area is 96.2 Å². The van der Waals surface area contributed by atoms with E-state index in [-0.39, 0.29) is 6.10 Å². The number of aliphatic hydroxyl groups is 1. The van der Waals surface area contributed by atoms with Crippen LogP contribution in [0.25, 0.3) is 0 Å². The molecule has 0 aliphatic heterocycles. The van der Waals surface area contributed by atoms with E-state index in [2.05, 4.69) is 0 Å². The summed E-state index contributed by atoms with van der Waals surface area (Å²) in [5.74, 6) is 0. The molecular formula is C13H19NO2. The Bertz CT molecular complexity index is 390. The molecule has 3 N–H and O–H groups in total. The van der Waals surface area contributed by atoms with Crippen molar-refractivity contribution in [1.82, 2.24) is 0 Å². The van der Waals surface area contributed by atoms with E-state index in [1.54, 1.807) is 0 Å². The van der Waals surface area contributed by atoms with Crippen LogP contribution in [-0.2, 0) is 16.8 Å². The normalized spacial score (nSPS) is 23.8. The van der Waals surface area contributed by atoms with Crippen LogP contribution in [0.4, 0.5) is 5.69 Å². The van der Waals surface area contributed by atoms with Gasteiger partial charge in [0.15, 0.2) is 0 Å². The maximum absolute atomic E-state index is 10.5. The van der Waals surface area contributed by atoms with Crippen molar-refractivity contribution < 1.29 is 9.84 Å². The molecule has 0 radical (unpaired) electrons. The predicted molar refractivity (Wildman–Crippen MR) is 64.2 cm³/mol. The van der Waals surface area contributed by atoms with Gasteiger partial charge in [0.25, 0.3) is 0 Å². The smallest absolute Gasteiger partial charge is 0.113 e. The quantitative estimate of drug-likeness (QED) is 0.766. The van der Waals surface area contributed by atoms with E-state index < -0.39 is 5.60 Å². The maximum Gasteiger partial charge on any atom is 0.113 e. The molecule has 1 aromatic carbocycles. The van der Waals surface area contributed by atoms with Gasteiger partial charge >= 0.3 is 0 Å². The molecule has 0 amide bonds. The molecule has 3 nitrogen and oxygen atoms in total. The molecule has 1 aromatic rings. The van der Waals surface area contributed by atoms with Gasteiger partial charge in [-0.05, 0) is 49.9 Å². The summed E-state index contributed by atoms with van der Waals surface area (Å²) in [6.07, 6.45) is 1.73. The van der Waals surface area contributed by atoms with E-state index in [9.17, 15) is 5.11 Å². The Balaban J connectivity index is 2.21. The largest absolute Gasteiger partial charge is 0.399 e. The van der Waals surface area contributed by atoms with Gasteiger partial charge in [0, 0.05) is 5.69 Å². The minimum Gasteiger partial charge on any atom is -0.399 e. The van der Waals surface area contributed by atoms with Gasteiger partial charge in [-0.2, -0.15) is 0 Å². The first-order valence-electron chi connectivity index (χ1n) is 5.74. The molecule has 16 heavy (non-hydrogen) atoms. The van der Waals surface area contributed by atoms with E-state index in [0.717, 1.165) is 29.7 Å². The fraction of sp³-hybridized carbons (Fsp3) is 0.538. The lowest BCUT2D eigenvalue weighted by molar-refractivity contribution is -0.0677. The van der Waals surface area contributed by atoms with E-state index in [4.69, 9.17) is 10.5 Å². The Morgan fingerprint density at radius 3 is 2.94 bits per heavy atom. The summed E-state index contributed by atoms with van der Waals surface area (Å²) in [4.78, 5) is 0. The van der Waals surface area contributed by atoms with Crippen molar-refractivity contribution in [3.8, 4) is 0 Å². The van der Waals surface area contributed by atoms with E-state index in [1.807, 2.05) is 32.0 Å². The second-order valence-electron chi connectivity index (χ2n) is 4.81. The highest BCUT2D eigenvalue weighted by atomic mass is 16.5. The molecule has 2 rings (SSSR count). The number of aryl methyl sites for hydroxylation is 1. The van der Waals surface area contributed by atoms with Gasteiger partial charge in [-0.25, -0.2) is 0 Å². The van der Waals surface area contributed by atoms with E-state index in [1.165, 1.54) is 0 Å². The van der Waals surface area contributed by atoms with Gasteiger partial charge in [0.2, 0.25) is 0 Å². The second-order valence-corrected chi connectivity index (χ2v) is 4.81.